The molecule has 4 aromatic rings. The molecular formula is C27H27ClN6O4. The summed E-state index contributed by atoms with van der Waals surface area (Å²) in [6.07, 6.45) is 1.67. The number of nitrogens with one attached hydrogen (secondary N) is 2. The lowest BCUT2D eigenvalue weighted by molar-refractivity contribution is -0.155. The van der Waals surface area contributed by atoms with E-state index in [0.29, 0.717) is 17.1 Å². The Bertz CT molecular complexity index is 1410. The number of carbonyl (C=O) groups excluding carboxylic acids is 2. The van der Waals surface area contributed by atoms with Gasteiger partial charge in [-0.2, -0.15) is 10.2 Å². The van der Waals surface area contributed by atoms with Crippen LogP contribution in [0.25, 0.3) is 5.69 Å². The molecule has 1 aliphatic heterocycles. The topological polar surface area (TPSA) is 136 Å². The molecule has 0 saturated heterocycles. The number of aliphatic hydroxyl groups is 2. The highest BCUT2D eigenvalue weighted by Gasteiger charge is 2.40. The number of H-pyrrole nitrogens is 1. The van der Waals surface area contributed by atoms with Gasteiger partial charge in [0.05, 0.1) is 23.5 Å². The molecule has 4 N–H and O–H groups in total. The monoisotopic (exact) mass is 534 g/mol. The molecule has 1 aliphatic rings. The van der Waals surface area contributed by atoms with Crippen molar-refractivity contribution in [3.05, 3.63) is 101 Å². The van der Waals surface area contributed by atoms with E-state index in [1.165, 1.54) is 4.90 Å². The Labute approximate surface area is 223 Å². The van der Waals surface area contributed by atoms with Crippen LogP contribution in [0.1, 0.15) is 41.4 Å². The van der Waals surface area contributed by atoms with Gasteiger partial charge < -0.3 is 20.4 Å². The zero-order chi connectivity index (χ0) is 26.8. The second kappa shape index (κ2) is 10.8. The van der Waals surface area contributed by atoms with Gasteiger partial charge in [-0.25, -0.2) is 4.68 Å². The average molecular weight is 535 g/mol. The molecule has 10 nitrogen and oxygen atoms in total. The van der Waals surface area contributed by atoms with Crippen molar-refractivity contribution < 1.29 is 19.8 Å². The van der Waals surface area contributed by atoms with Crippen molar-refractivity contribution in [2.45, 2.75) is 37.6 Å². The normalized spacial score (nSPS) is 17.4. The number of carbonyl (C=O) groups is 2. The molecule has 1 unspecified atom stereocenters. The summed E-state index contributed by atoms with van der Waals surface area (Å²) < 4.78 is 1.71. The van der Waals surface area contributed by atoms with Crippen LogP contribution in [0.5, 0.6) is 0 Å². The van der Waals surface area contributed by atoms with E-state index in [9.17, 15) is 19.8 Å². The zero-order valence-corrected chi connectivity index (χ0v) is 21.3. The largest absolute Gasteiger partial charge is 0.380 e. The first-order chi connectivity index (χ1) is 18.3. The van der Waals surface area contributed by atoms with E-state index in [0.717, 1.165) is 22.4 Å². The summed E-state index contributed by atoms with van der Waals surface area (Å²) in [5.41, 5.74) is 4.08. The second-order valence-electron chi connectivity index (χ2n) is 9.20. The van der Waals surface area contributed by atoms with Gasteiger partial charge in [-0.05, 0) is 66.4 Å². The number of fused-ring (bicyclic) bond motifs is 1. The number of hydrogen-bond donors (Lipinski definition) is 4. The highest BCUT2D eigenvalue weighted by atomic mass is 35.5. The number of halogens is 1. The molecule has 4 atom stereocenters. The Morgan fingerprint density at radius 2 is 1.89 bits per heavy atom. The third kappa shape index (κ3) is 5.06. The van der Waals surface area contributed by atoms with Gasteiger partial charge in [0.25, 0.3) is 11.8 Å². The number of hydrogen-bond acceptors (Lipinski definition) is 6. The maximum atomic E-state index is 13.4. The molecule has 0 aliphatic carbocycles. The minimum absolute atomic E-state index is 0.264. The van der Waals surface area contributed by atoms with Crippen LogP contribution in [-0.2, 0) is 16.0 Å². The van der Waals surface area contributed by atoms with Crippen molar-refractivity contribution in [1.82, 2.24) is 30.2 Å². The Kier molecular flexibility index (Phi) is 7.28. The Balaban J connectivity index is 1.28. The third-order valence-electron chi connectivity index (χ3n) is 6.77. The van der Waals surface area contributed by atoms with Crippen molar-refractivity contribution >= 4 is 23.4 Å². The van der Waals surface area contributed by atoms with Crippen LogP contribution in [0.2, 0.25) is 5.02 Å². The van der Waals surface area contributed by atoms with E-state index < -0.39 is 36.1 Å². The number of aromatic nitrogens is 4. The molecule has 2 aromatic carbocycles. The smallest absolute Gasteiger partial charge is 0.255 e. The van der Waals surface area contributed by atoms with Gasteiger partial charge in [0.15, 0.2) is 12.2 Å². The standard InChI is InChI=1S/C27H27ClN6O4/c1-16(17-3-6-20(7-4-17)34-13-2-11-30-34)31-26(37)24(35)25(36)27(38)33-14-10-18-15-19(28)5-8-21(18)23(33)22-9-12-29-32-22/h2-9,11-13,15-16,23-25,35-36H,10,14H2,1H3,(H,29,32)(H,31,37)/t16-,23?,24-,25-/m1/s1. The van der Waals surface area contributed by atoms with E-state index in [-0.39, 0.29) is 6.54 Å². The lowest BCUT2D eigenvalue weighted by Crippen LogP contribution is -2.53. The Morgan fingerprint density at radius 1 is 1.11 bits per heavy atom. The molecule has 38 heavy (non-hydrogen) atoms. The molecular weight excluding hydrogens is 508 g/mol. The fourth-order valence-electron chi connectivity index (χ4n) is 4.75. The quantitative estimate of drug-likeness (QED) is 0.287. The minimum atomic E-state index is -1.96. The predicted molar refractivity (Wildman–Crippen MR) is 139 cm³/mol. The van der Waals surface area contributed by atoms with Crippen LogP contribution < -0.4 is 5.32 Å². The fourth-order valence-corrected chi connectivity index (χ4v) is 4.95. The van der Waals surface area contributed by atoms with E-state index >= 15 is 0 Å². The van der Waals surface area contributed by atoms with Crippen molar-refractivity contribution in [3.63, 3.8) is 0 Å². The van der Waals surface area contributed by atoms with Gasteiger partial charge in [0.1, 0.15) is 0 Å². The van der Waals surface area contributed by atoms with Crippen LogP contribution in [0.3, 0.4) is 0 Å². The summed E-state index contributed by atoms with van der Waals surface area (Å²) in [5, 5.41) is 35.8. The SMILES string of the molecule is C[C@@H](NC(=O)[C@H](O)[C@@H](O)C(=O)N1CCc2cc(Cl)ccc2C1c1ccn[nH]1)c1ccc(-n2cccn2)cc1. The predicted octanol–water partition coefficient (Wildman–Crippen LogP) is 2.32. The van der Waals surface area contributed by atoms with Crippen LogP contribution in [0.4, 0.5) is 0 Å². The molecule has 5 rings (SSSR count). The van der Waals surface area contributed by atoms with Crippen LogP contribution in [0, 0.1) is 0 Å². The van der Waals surface area contributed by atoms with Crippen molar-refractivity contribution in [1.29, 1.82) is 0 Å². The maximum absolute atomic E-state index is 13.4. The van der Waals surface area contributed by atoms with Gasteiger partial charge in [0.2, 0.25) is 0 Å². The van der Waals surface area contributed by atoms with Gasteiger partial charge >= 0.3 is 0 Å². The van der Waals surface area contributed by atoms with E-state index in [4.69, 9.17) is 11.6 Å². The first-order valence-corrected chi connectivity index (χ1v) is 12.6. The fraction of sp³-hybridized carbons (Fsp3) is 0.259. The molecule has 0 bridgehead atoms. The van der Waals surface area contributed by atoms with Crippen molar-refractivity contribution in [3.8, 4) is 5.69 Å². The maximum Gasteiger partial charge on any atom is 0.255 e. The highest BCUT2D eigenvalue weighted by Crippen LogP contribution is 2.36. The number of amides is 2. The van der Waals surface area contributed by atoms with E-state index in [1.807, 2.05) is 48.7 Å². The zero-order valence-electron chi connectivity index (χ0n) is 20.5. The molecule has 196 valence electrons. The summed E-state index contributed by atoms with van der Waals surface area (Å²) in [6.45, 7) is 2.02. The third-order valence-corrected chi connectivity index (χ3v) is 7.01. The van der Waals surface area contributed by atoms with Gasteiger partial charge in [-0.1, -0.05) is 29.8 Å². The molecule has 0 radical (unpaired) electrons. The van der Waals surface area contributed by atoms with Crippen LogP contribution >= 0.6 is 11.6 Å². The summed E-state index contributed by atoms with van der Waals surface area (Å²) in [7, 11) is 0. The van der Waals surface area contributed by atoms with Crippen LogP contribution in [0.15, 0.2) is 73.2 Å². The molecule has 11 heteroatoms. The highest BCUT2D eigenvalue weighted by molar-refractivity contribution is 6.30. The Hall–Kier alpha value is -3.99. The molecule has 2 amide bonds. The first kappa shape index (κ1) is 25.7. The van der Waals surface area contributed by atoms with Gasteiger partial charge in [-0.15, -0.1) is 0 Å². The van der Waals surface area contributed by atoms with Gasteiger partial charge in [-0.3, -0.25) is 14.7 Å². The molecule has 0 saturated carbocycles. The lowest BCUT2D eigenvalue weighted by Gasteiger charge is -2.38. The minimum Gasteiger partial charge on any atom is -0.380 e. The molecule has 0 fully saturated rings. The van der Waals surface area contributed by atoms with Crippen molar-refractivity contribution in [2.24, 2.45) is 0 Å². The molecule has 3 heterocycles. The number of rotatable bonds is 7. The van der Waals surface area contributed by atoms with Gasteiger partial charge in [0, 0.05) is 30.2 Å². The van der Waals surface area contributed by atoms with Crippen LogP contribution in [-0.4, -0.2) is 65.7 Å². The first-order valence-electron chi connectivity index (χ1n) is 12.2. The average Bonchev–Trinajstić information content (AvgIpc) is 3.66. The number of nitrogens with zero attached hydrogens (tertiary/aromatic N) is 4. The lowest BCUT2D eigenvalue weighted by atomic mass is 9.90. The van der Waals surface area contributed by atoms with E-state index in [2.05, 4.69) is 20.6 Å². The van der Waals surface area contributed by atoms with Crippen molar-refractivity contribution in [2.75, 3.05) is 6.54 Å². The number of aromatic amines is 1. The summed E-state index contributed by atoms with van der Waals surface area (Å²) in [5.74, 6) is -1.61. The summed E-state index contributed by atoms with van der Waals surface area (Å²) >= 11 is 6.17. The number of aliphatic hydroxyl groups excluding tert-OH is 2. The summed E-state index contributed by atoms with van der Waals surface area (Å²) in [6, 6.07) is 15.3. The Morgan fingerprint density at radius 3 is 2.58 bits per heavy atom. The van der Waals surface area contributed by atoms with E-state index in [1.54, 1.807) is 36.1 Å². The second-order valence-corrected chi connectivity index (χ2v) is 9.64. The summed E-state index contributed by atoms with van der Waals surface area (Å²) in [4.78, 5) is 27.7. The number of benzene rings is 2. The molecule has 2 aromatic heterocycles. The molecule has 0 spiro atoms.